The molecule has 0 aliphatic carbocycles. The molecular formula is C15H12ClFN2. The van der Waals surface area contributed by atoms with Crippen molar-refractivity contribution >= 4 is 22.6 Å². The molecule has 2 nitrogen and oxygen atoms in total. The fourth-order valence-corrected chi connectivity index (χ4v) is 2.37. The Morgan fingerprint density at radius 3 is 2.63 bits per heavy atom. The fourth-order valence-electron chi connectivity index (χ4n) is 2.22. The van der Waals surface area contributed by atoms with Crippen LogP contribution in [0.4, 0.5) is 4.39 Å². The average molecular weight is 275 g/mol. The van der Waals surface area contributed by atoms with Gasteiger partial charge in [0.25, 0.3) is 0 Å². The van der Waals surface area contributed by atoms with E-state index in [2.05, 4.69) is 4.98 Å². The summed E-state index contributed by atoms with van der Waals surface area (Å²) in [5.74, 6) is -0.224. The van der Waals surface area contributed by atoms with Crippen molar-refractivity contribution in [2.45, 2.75) is 13.5 Å². The molecule has 96 valence electrons. The minimum absolute atomic E-state index is 0.224. The summed E-state index contributed by atoms with van der Waals surface area (Å²) in [6.45, 7) is 2.69. The second-order valence-electron chi connectivity index (χ2n) is 4.57. The number of aryl methyl sites for hydroxylation is 1. The van der Waals surface area contributed by atoms with Crippen LogP contribution in [0.5, 0.6) is 0 Å². The molecule has 0 atom stereocenters. The first-order valence-electron chi connectivity index (χ1n) is 6.00. The Kier molecular flexibility index (Phi) is 2.99. The molecule has 0 aliphatic rings. The highest BCUT2D eigenvalue weighted by Crippen LogP contribution is 2.22. The summed E-state index contributed by atoms with van der Waals surface area (Å²) in [6, 6.07) is 10.3. The standard InChI is InChI=1S/C15H12ClFN2/c1-10-8-19(9-11-2-4-12(17)5-3-11)15-13(10)6-7-14(16)18-15/h2-8H,9H2,1H3. The summed E-state index contributed by atoms with van der Waals surface area (Å²) in [4.78, 5) is 4.36. The minimum atomic E-state index is -0.224. The van der Waals surface area contributed by atoms with Crippen molar-refractivity contribution in [3.63, 3.8) is 0 Å². The number of fused-ring (bicyclic) bond motifs is 1. The molecule has 2 aromatic heterocycles. The molecule has 2 heterocycles. The van der Waals surface area contributed by atoms with E-state index in [4.69, 9.17) is 11.6 Å². The van der Waals surface area contributed by atoms with Crippen LogP contribution < -0.4 is 0 Å². The molecule has 1 aromatic carbocycles. The number of benzene rings is 1. The molecule has 0 saturated carbocycles. The first-order valence-corrected chi connectivity index (χ1v) is 6.38. The monoisotopic (exact) mass is 274 g/mol. The van der Waals surface area contributed by atoms with Crippen LogP contribution >= 0.6 is 11.6 Å². The molecule has 0 unspecified atom stereocenters. The maximum absolute atomic E-state index is 12.9. The number of nitrogens with zero attached hydrogens (tertiary/aromatic N) is 2. The zero-order valence-electron chi connectivity index (χ0n) is 10.4. The van der Waals surface area contributed by atoms with Crippen LogP contribution in [0.3, 0.4) is 0 Å². The van der Waals surface area contributed by atoms with E-state index in [1.807, 2.05) is 23.8 Å². The van der Waals surface area contributed by atoms with Crippen LogP contribution in [0.1, 0.15) is 11.1 Å². The van der Waals surface area contributed by atoms with Crippen LogP contribution in [0.25, 0.3) is 11.0 Å². The van der Waals surface area contributed by atoms with Gasteiger partial charge in [0, 0.05) is 18.1 Å². The Hall–Kier alpha value is -1.87. The van der Waals surface area contributed by atoms with Gasteiger partial charge in [-0.2, -0.15) is 0 Å². The maximum atomic E-state index is 12.9. The smallest absolute Gasteiger partial charge is 0.142 e. The van der Waals surface area contributed by atoms with Crippen molar-refractivity contribution in [3.8, 4) is 0 Å². The van der Waals surface area contributed by atoms with E-state index in [0.717, 1.165) is 22.2 Å². The second-order valence-corrected chi connectivity index (χ2v) is 4.96. The van der Waals surface area contributed by atoms with E-state index in [1.165, 1.54) is 12.1 Å². The van der Waals surface area contributed by atoms with Gasteiger partial charge in [-0.3, -0.25) is 0 Å². The first kappa shape index (κ1) is 12.2. The predicted molar refractivity (Wildman–Crippen MR) is 75.0 cm³/mol. The van der Waals surface area contributed by atoms with Crippen LogP contribution in [0, 0.1) is 12.7 Å². The average Bonchev–Trinajstić information content (AvgIpc) is 2.69. The molecule has 0 amide bonds. The number of aromatic nitrogens is 2. The number of halogens is 2. The molecule has 3 rings (SSSR count). The van der Waals surface area contributed by atoms with Gasteiger partial charge in [0.2, 0.25) is 0 Å². The topological polar surface area (TPSA) is 17.8 Å². The number of hydrogen-bond donors (Lipinski definition) is 0. The number of rotatable bonds is 2. The van der Waals surface area contributed by atoms with Gasteiger partial charge in [0.15, 0.2) is 0 Å². The number of pyridine rings is 1. The normalized spacial score (nSPS) is 11.1. The predicted octanol–water partition coefficient (Wildman–Crippen LogP) is 4.19. The second kappa shape index (κ2) is 4.67. The molecule has 4 heteroatoms. The highest BCUT2D eigenvalue weighted by atomic mass is 35.5. The van der Waals surface area contributed by atoms with E-state index in [9.17, 15) is 4.39 Å². The van der Waals surface area contributed by atoms with Gasteiger partial charge in [0.05, 0.1) is 0 Å². The summed E-state index contributed by atoms with van der Waals surface area (Å²) in [5.41, 5.74) is 3.04. The van der Waals surface area contributed by atoms with Gasteiger partial charge >= 0.3 is 0 Å². The lowest BCUT2D eigenvalue weighted by molar-refractivity contribution is 0.626. The van der Waals surface area contributed by atoms with E-state index >= 15 is 0 Å². The third kappa shape index (κ3) is 2.34. The molecule has 0 radical (unpaired) electrons. The van der Waals surface area contributed by atoms with Gasteiger partial charge in [-0.25, -0.2) is 9.37 Å². The summed E-state index contributed by atoms with van der Waals surface area (Å²) >= 11 is 5.95. The van der Waals surface area contributed by atoms with Crippen LogP contribution in [-0.2, 0) is 6.54 Å². The van der Waals surface area contributed by atoms with E-state index in [1.54, 1.807) is 18.2 Å². The highest BCUT2D eigenvalue weighted by Gasteiger charge is 2.08. The van der Waals surface area contributed by atoms with Crippen molar-refractivity contribution in [3.05, 3.63) is 64.7 Å². The maximum Gasteiger partial charge on any atom is 0.142 e. The zero-order chi connectivity index (χ0) is 13.4. The van der Waals surface area contributed by atoms with Gasteiger partial charge in [-0.15, -0.1) is 0 Å². The highest BCUT2D eigenvalue weighted by molar-refractivity contribution is 6.29. The van der Waals surface area contributed by atoms with Crippen LogP contribution in [-0.4, -0.2) is 9.55 Å². The Morgan fingerprint density at radius 2 is 1.89 bits per heavy atom. The Balaban J connectivity index is 2.05. The third-order valence-electron chi connectivity index (χ3n) is 3.15. The van der Waals surface area contributed by atoms with Crippen LogP contribution in [0.2, 0.25) is 5.15 Å². The van der Waals surface area contributed by atoms with E-state index in [-0.39, 0.29) is 5.82 Å². The molecule has 19 heavy (non-hydrogen) atoms. The SMILES string of the molecule is Cc1cn(Cc2ccc(F)cc2)c2nc(Cl)ccc12. The Morgan fingerprint density at radius 1 is 1.16 bits per heavy atom. The summed E-state index contributed by atoms with van der Waals surface area (Å²) in [7, 11) is 0. The molecule has 3 aromatic rings. The van der Waals surface area contributed by atoms with Crippen molar-refractivity contribution in [2.24, 2.45) is 0 Å². The van der Waals surface area contributed by atoms with Gasteiger partial charge < -0.3 is 4.57 Å². The molecule has 0 fully saturated rings. The van der Waals surface area contributed by atoms with Crippen LogP contribution in [0.15, 0.2) is 42.6 Å². The lowest BCUT2D eigenvalue weighted by atomic mass is 10.2. The largest absolute Gasteiger partial charge is 0.328 e. The van der Waals surface area contributed by atoms with Crippen molar-refractivity contribution in [2.75, 3.05) is 0 Å². The molecule has 0 aliphatic heterocycles. The van der Waals surface area contributed by atoms with Gasteiger partial charge in [-0.05, 0) is 42.3 Å². The molecule has 0 saturated heterocycles. The molecule has 0 N–H and O–H groups in total. The molecular weight excluding hydrogens is 263 g/mol. The minimum Gasteiger partial charge on any atom is -0.328 e. The van der Waals surface area contributed by atoms with Crippen molar-refractivity contribution in [1.82, 2.24) is 9.55 Å². The van der Waals surface area contributed by atoms with Crippen molar-refractivity contribution < 1.29 is 4.39 Å². The first-order chi connectivity index (χ1) is 9.13. The summed E-state index contributed by atoms with van der Waals surface area (Å²) < 4.78 is 14.9. The summed E-state index contributed by atoms with van der Waals surface area (Å²) in [5, 5.41) is 1.57. The number of hydrogen-bond acceptors (Lipinski definition) is 1. The van der Waals surface area contributed by atoms with Crippen molar-refractivity contribution in [1.29, 1.82) is 0 Å². The zero-order valence-corrected chi connectivity index (χ0v) is 11.2. The molecule has 0 bridgehead atoms. The third-order valence-corrected chi connectivity index (χ3v) is 3.36. The quantitative estimate of drug-likeness (QED) is 0.641. The summed E-state index contributed by atoms with van der Waals surface area (Å²) in [6.07, 6.45) is 2.04. The van der Waals surface area contributed by atoms with Gasteiger partial charge in [0.1, 0.15) is 16.6 Å². The lowest BCUT2D eigenvalue weighted by Gasteiger charge is -2.05. The van der Waals surface area contributed by atoms with E-state index < -0.39 is 0 Å². The lowest BCUT2D eigenvalue weighted by Crippen LogP contribution is -1.99. The van der Waals surface area contributed by atoms with Gasteiger partial charge in [-0.1, -0.05) is 23.7 Å². The fraction of sp³-hybridized carbons (Fsp3) is 0.133. The van der Waals surface area contributed by atoms with E-state index in [0.29, 0.717) is 11.7 Å². The Bertz CT molecular complexity index is 732. The molecule has 0 spiro atoms. The Labute approximate surface area is 115 Å².